The van der Waals surface area contributed by atoms with Crippen molar-refractivity contribution in [3.63, 3.8) is 0 Å². The minimum absolute atomic E-state index is 0.0484. The highest BCUT2D eigenvalue weighted by molar-refractivity contribution is 7.89. The Morgan fingerprint density at radius 3 is 2.03 bits per heavy atom. The molecule has 1 aromatic rings. The fourth-order valence-corrected chi connectivity index (χ4v) is 6.29. The van der Waals surface area contributed by atoms with Gasteiger partial charge in [-0.3, -0.25) is 4.79 Å². The van der Waals surface area contributed by atoms with E-state index in [2.05, 4.69) is 5.32 Å². The second kappa shape index (κ2) is 9.29. The van der Waals surface area contributed by atoms with Gasteiger partial charge < -0.3 is 5.32 Å². The van der Waals surface area contributed by atoms with Gasteiger partial charge >= 0.3 is 0 Å². The molecule has 2 aliphatic rings. The average molecular weight is 462 g/mol. The van der Waals surface area contributed by atoms with E-state index in [9.17, 15) is 26.0 Å². The fourth-order valence-electron chi connectivity index (χ4n) is 3.95. The van der Waals surface area contributed by atoms with Crippen LogP contribution in [0.2, 0.25) is 0 Å². The van der Waals surface area contributed by atoms with Crippen LogP contribution in [0.15, 0.2) is 29.2 Å². The van der Waals surface area contributed by atoms with Crippen molar-refractivity contribution >= 4 is 26.0 Å². The Bertz CT molecular complexity index is 950. The van der Waals surface area contributed by atoms with Gasteiger partial charge in [0.2, 0.25) is 26.0 Å². The van der Waals surface area contributed by atoms with Gasteiger partial charge in [-0.1, -0.05) is 0 Å². The molecule has 0 atom stereocenters. The molecule has 0 saturated carbocycles. The standard InChI is InChI=1S/C19H28FN3O5S2/c1-29(25,26)22-10-6-15(7-11-22)14-21-19(24)16-8-12-23(13-9-16)30(27,28)18-4-2-17(20)3-5-18/h2-5,15-16H,6-14H2,1H3,(H,21,24). The zero-order valence-corrected chi connectivity index (χ0v) is 18.6. The Kier molecular flexibility index (Phi) is 7.16. The van der Waals surface area contributed by atoms with Crippen molar-refractivity contribution in [1.82, 2.24) is 13.9 Å². The van der Waals surface area contributed by atoms with Crippen molar-refractivity contribution in [1.29, 1.82) is 0 Å². The summed E-state index contributed by atoms with van der Waals surface area (Å²) in [5.41, 5.74) is 0. The number of rotatable bonds is 6. The Labute approximate surface area is 177 Å². The molecule has 0 unspecified atom stereocenters. The number of sulfonamides is 2. The first-order valence-electron chi connectivity index (χ1n) is 10.1. The largest absolute Gasteiger partial charge is 0.356 e. The summed E-state index contributed by atoms with van der Waals surface area (Å²) in [5.74, 6) is -0.586. The van der Waals surface area contributed by atoms with Crippen LogP contribution in [0.25, 0.3) is 0 Å². The lowest BCUT2D eigenvalue weighted by molar-refractivity contribution is -0.126. The lowest BCUT2D eigenvalue weighted by Crippen LogP contribution is -2.45. The van der Waals surface area contributed by atoms with E-state index in [-0.39, 0.29) is 35.7 Å². The van der Waals surface area contributed by atoms with E-state index in [1.54, 1.807) is 0 Å². The predicted octanol–water partition coefficient (Wildman–Crippen LogP) is 1.01. The Morgan fingerprint density at radius 2 is 1.50 bits per heavy atom. The van der Waals surface area contributed by atoms with E-state index in [0.29, 0.717) is 45.3 Å². The summed E-state index contributed by atoms with van der Waals surface area (Å²) in [6, 6.07) is 4.73. The maximum absolute atomic E-state index is 13.1. The highest BCUT2D eigenvalue weighted by atomic mass is 32.2. The lowest BCUT2D eigenvalue weighted by atomic mass is 9.95. The molecule has 0 aliphatic carbocycles. The normalized spacial score (nSPS) is 20.9. The Morgan fingerprint density at radius 1 is 0.967 bits per heavy atom. The summed E-state index contributed by atoms with van der Waals surface area (Å²) in [4.78, 5) is 12.5. The number of amides is 1. The van der Waals surface area contributed by atoms with E-state index in [1.165, 1.54) is 27.0 Å². The van der Waals surface area contributed by atoms with Crippen LogP contribution in [-0.4, -0.2) is 70.3 Å². The molecule has 0 bridgehead atoms. The first kappa shape index (κ1) is 23.1. The third-order valence-corrected chi connectivity index (χ3v) is 9.10. The van der Waals surface area contributed by atoms with Gasteiger partial charge in [0, 0.05) is 38.6 Å². The summed E-state index contributed by atoms with van der Waals surface area (Å²) in [6.07, 6.45) is 3.48. The van der Waals surface area contributed by atoms with Crippen LogP contribution < -0.4 is 5.32 Å². The van der Waals surface area contributed by atoms with Gasteiger partial charge in [-0.15, -0.1) is 0 Å². The number of hydrogen-bond acceptors (Lipinski definition) is 5. The topological polar surface area (TPSA) is 104 Å². The molecule has 0 spiro atoms. The second-order valence-corrected chi connectivity index (χ2v) is 11.9. The minimum Gasteiger partial charge on any atom is -0.356 e. The number of carbonyl (C=O) groups is 1. The van der Waals surface area contributed by atoms with Gasteiger partial charge in [0.1, 0.15) is 5.82 Å². The average Bonchev–Trinajstić information content (AvgIpc) is 2.72. The maximum atomic E-state index is 13.1. The first-order chi connectivity index (χ1) is 14.1. The van der Waals surface area contributed by atoms with Crippen molar-refractivity contribution in [2.45, 2.75) is 30.6 Å². The van der Waals surface area contributed by atoms with Crippen molar-refractivity contribution in [3.05, 3.63) is 30.1 Å². The van der Waals surface area contributed by atoms with E-state index >= 15 is 0 Å². The van der Waals surface area contributed by atoms with Gasteiger partial charge in [0.15, 0.2) is 0 Å². The molecule has 1 N–H and O–H groups in total. The molecule has 11 heteroatoms. The molecule has 2 saturated heterocycles. The number of nitrogens with one attached hydrogen (secondary N) is 1. The van der Waals surface area contributed by atoms with Gasteiger partial charge in [-0.2, -0.15) is 4.31 Å². The Hall–Kier alpha value is -1.56. The van der Waals surface area contributed by atoms with Crippen LogP contribution in [0, 0.1) is 17.7 Å². The van der Waals surface area contributed by atoms with Crippen LogP contribution in [0.3, 0.4) is 0 Å². The number of piperidine rings is 2. The van der Waals surface area contributed by atoms with Crippen LogP contribution in [0.5, 0.6) is 0 Å². The smallest absolute Gasteiger partial charge is 0.243 e. The zero-order chi connectivity index (χ0) is 21.9. The Balaban J connectivity index is 1.45. The van der Waals surface area contributed by atoms with Crippen molar-refractivity contribution < 1.29 is 26.0 Å². The summed E-state index contributed by atoms with van der Waals surface area (Å²) in [6.45, 7) is 1.93. The van der Waals surface area contributed by atoms with Gasteiger partial charge in [0.25, 0.3) is 0 Å². The van der Waals surface area contributed by atoms with Gasteiger partial charge in [-0.05, 0) is 55.9 Å². The van der Waals surface area contributed by atoms with Crippen LogP contribution >= 0.6 is 0 Å². The number of benzene rings is 1. The maximum Gasteiger partial charge on any atom is 0.243 e. The van der Waals surface area contributed by atoms with E-state index in [4.69, 9.17) is 0 Å². The quantitative estimate of drug-likeness (QED) is 0.681. The molecule has 2 fully saturated rings. The third kappa shape index (κ3) is 5.57. The summed E-state index contributed by atoms with van der Waals surface area (Å²) in [7, 11) is -6.86. The molecule has 2 heterocycles. The molecule has 1 aromatic carbocycles. The van der Waals surface area contributed by atoms with Crippen LogP contribution in [0.4, 0.5) is 4.39 Å². The molecular formula is C19H28FN3O5S2. The van der Waals surface area contributed by atoms with Gasteiger partial charge in [-0.25, -0.2) is 25.5 Å². The number of hydrogen-bond donors (Lipinski definition) is 1. The molecular weight excluding hydrogens is 433 g/mol. The number of halogens is 1. The molecule has 1 amide bonds. The molecule has 0 radical (unpaired) electrons. The molecule has 3 rings (SSSR count). The van der Waals surface area contributed by atoms with E-state index in [0.717, 1.165) is 12.1 Å². The second-order valence-electron chi connectivity index (χ2n) is 7.98. The van der Waals surface area contributed by atoms with Crippen molar-refractivity contribution in [2.24, 2.45) is 11.8 Å². The van der Waals surface area contributed by atoms with Crippen LogP contribution in [0.1, 0.15) is 25.7 Å². The molecule has 8 nitrogen and oxygen atoms in total. The third-order valence-electron chi connectivity index (χ3n) is 5.88. The predicted molar refractivity (Wildman–Crippen MR) is 110 cm³/mol. The summed E-state index contributed by atoms with van der Waals surface area (Å²) in [5, 5.41) is 2.95. The lowest BCUT2D eigenvalue weighted by Gasteiger charge is -2.32. The van der Waals surface area contributed by atoms with Crippen molar-refractivity contribution in [2.75, 3.05) is 39.0 Å². The molecule has 0 aromatic heterocycles. The SMILES string of the molecule is CS(=O)(=O)N1CCC(CNC(=O)C2CCN(S(=O)(=O)c3ccc(F)cc3)CC2)CC1. The highest BCUT2D eigenvalue weighted by Gasteiger charge is 2.32. The van der Waals surface area contributed by atoms with E-state index in [1.807, 2.05) is 0 Å². The van der Waals surface area contributed by atoms with E-state index < -0.39 is 25.9 Å². The fraction of sp³-hybridized carbons (Fsp3) is 0.632. The number of carbonyl (C=O) groups excluding carboxylic acids is 1. The minimum atomic E-state index is -3.69. The first-order valence-corrected chi connectivity index (χ1v) is 13.3. The number of nitrogens with zero attached hydrogens (tertiary/aromatic N) is 2. The zero-order valence-electron chi connectivity index (χ0n) is 17.0. The molecule has 30 heavy (non-hydrogen) atoms. The molecule has 2 aliphatic heterocycles. The highest BCUT2D eigenvalue weighted by Crippen LogP contribution is 2.25. The monoisotopic (exact) mass is 461 g/mol. The van der Waals surface area contributed by atoms with Crippen LogP contribution in [-0.2, 0) is 24.8 Å². The van der Waals surface area contributed by atoms with Gasteiger partial charge in [0.05, 0.1) is 11.2 Å². The van der Waals surface area contributed by atoms with Crippen molar-refractivity contribution in [3.8, 4) is 0 Å². The molecule has 168 valence electrons. The summed E-state index contributed by atoms with van der Waals surface area (Å²) >= 11 is 0. The summed E-state index contributed by atoms with van der Waals surface area (Å²) < 4.78 is 64.3.